The zero-order valence-corrected chi connectivity index (χ0v) is 13.4. The highest BCUT2D eigenvalue weighted by Crippen LogP contribution is 2.13. The van der Waals surface area contributed by atoms with Gasteiger partial charge in [0.25, 0.3) is 0 Å². The van der Waals surface area contributed by atoms with Crippen LogP contribution in [0.2, 0.25) is 0 Å². The molecule has 0 radical (unpaired) electrons. The fourth-order valence-electron chi connectivity index (χ4n) is 2.17. The number of furan rings is 1. The Morgan fingerprint density at radius 2 is 2.05 bits per heavy atom. The van der Waals surface area contributed by atoms with E-state index < -0.39 is 0 Å². The fourth-order valence-corrected chi connectivity index (χ4v) is 2.17. The lowest BCUT2D eigenvalue weighted by Gasteiger charge is -2.11. The molecule has 0 aromatic carbocycles. The molecule has 0 saturated carbocycles. The smallest absolute Gasteiger partial charge is 0.129 e. The highest BCUT2D eigenvalue weighted by Gasteiger charge is 2.06. The molecule has 1 heterocycles. The van der Waals surface area contributed by atoms with Crippen molar-refractivity contribution >= 4 is 0 Å². The quantitative estimate of drug-likeness (QED) is 0.566. The third-order valence-electron chi connectivity index (χ3n) is 3.44. The lowest BCUT2D eigenvalue weighted by molar-refractivity contribution is 0.0360. The van der Waals surface area contributed by atoms with E-state index in [1.54, 1.807) is 0 Å². The molecule has 0 spiro atoms. The second-order valence-electron chi connectivity index (χ2n) is 5.57. The predicted octanol–water partition coefficient (Wildman–Crippen LogP) is 4.65. The summed E-state index contributed by atoms with van der Waals surface area (Å²) in [6.07, 6.45) is 9.65. The van der Waals surface area contributed by atoms with E-state index in [0.717, 1.165) is 31.7 Å². The average molecular weight is 281 g/mol. The largest absolute Gasteiger partial charge is 0.467 e. The van der Waals surface area contributed by atoms with Crippen molar-refractivity contribution in [3.05, 3.63) is 23.7 Å². The lowest BCUT2D eigenvalue weighted by Crippen LogP contribution is -2.13. The molecule has 0 amide bonds. The summed E-state index contributed by atoms with van der Waals surface area (Å²) in [5.74, 6) is 0.929. The average Bonchev–Trinajstić information content (AvgIpc) is 2.90. The van der Waals surface area contributed by atoms with Gasteiger partial charge >= 0.3 is 0 Å². The van der Waals surface area contributed by atoms with Crippen molar-refractivity contribution in [3.63, 3.8) is 0 Å². The first kappa shape index (κ1) is 17.3. The van der Waals surface area contributed by atoms with E-state index in [1.165, 1.54) is 31.2 Å². The molecule has 0 aliphatic heterocycles. The van der Waals surface area contributed by atoms with E-state index in [0.29, 0.717) is 12.7 Å². The minimum Gasteiger partial charge on any atom is -0.467 e. The monoisotopic (exact) mass is 281 g/mol. The number of nitrogens with one attached hydrogen (secondary N) is 1. The highest BCUT2D eigenvalue weighted by atomic mass is 16.5. The zero-order valence-electron chi connectivity index (χ0n) is 13.4. The van der Waals surface area contributed by atoms with Gasteiger partial charge in [-0.2, -0.15) is 0 Å². The predicted molar refractivity (Wildman–Crippen MR) is 83.7 cm³/mol. The van der Waals surface area contributed by atoms with E-state index in [9.17, 15) is 0 Å². The van der Waals surface area contributed by atoms with Crippen LogP contribution in [0.3, 0.4) is 0 Å². The van der Waals surface area contributed by atoms with E-state index in [2.05, 4.69) is 32.2 Å². The SMILES string of the molecule is CCCCCCC(C)OCc1cc(CNCCC)co1. The molecule has 1 N–H and O–H groups in total. The maximum Gasteiger partial charge on any atom is 0.129 e. The van der Waals surface area contributed by atoms with E-state index in [1.807, 2.05) is 6.26 Å². The van der Waals surface area contributed by atoms with Crippen molar-refractivity contribution in [2.75, 3.05) is 6.54 Å². The molecule has 0 fully saturated rings. The maximum atomic E-state index is 5.83. The topological polar surface area (TPSA) is 34.4 Å². The summed E-state index contributed by atoms with van der Waals surface area (Å²) in [5.41, 5.74) is 1.20. The Morgan fingerprint density at radius 3 is 2.80 bits per heavy atom. The van der Waals surface area contributed by atoms with Crippen LogP contribution in [0.25, 0.3) is 0 Å². The van der Waals surface area contributed by atoms with Crippen molar-refractivity contribution in [3.8, 4) is 0 Å². The van der Waals surface area contributed by atoms with Crippen LogP contribution in [0.15, 0.2) is 16.7 Å². The molecule has 1 unspecified atom stereocenters. The second kappa shape index (κ2) is 10.9. The fraction of sp³-hybridized carbons (Fsp3) is 0.765. The number of unbranched alkanes of at least 4 members (excludes halogenated alkanes) is 3. The van der Waals surface area contributed by atoms with Crippen LogP contribution >= 0.6 is 0 Å². The number of ether oxygens (including phenoxy) is 1. The molecule has 0 aliphatic carbocycles. The molecular weight excluding hydrogens is 250 g/mol. The van der Waals surface area contributed by atoms with Gasteiger partial charge in [-0.1, -0.05) is 39.5 Å². The first-order valence-corrected chi connectivity index (χ1v) is 8.14. The maximum absolute atomic E-state index is 5.83. The van der Waals surface area contributed by atoms with Gasteiger partial charge in [0.15, 0.2) is 0 Å². The Labute approximate surface area is 124 Å². The van der Waals surface area contributed by atoms with Gasteiger partial charge < -0.3 is 14.5 Å². The molecular formula is C17H31NO2. The van der Waals surface area contributed by atoms with Gasteiger partial charge in [-0.3, -0.25) is 0 Å². The summed E-state index contributed by atoms with van der Waals surface area (Å²) in [6, 6.07) is 2.09. The van der Waals surface area contributed by atoms with E-state index >= 15 is 0 Å². The Balaban J connectivity index is 2.14. The molecule has 3 nitrogen and oxygen atoms in total. The van der Waals surface area contributed by atoms with Gasteiger partial charge in [0.05, 0.1) is 12.4 Å². The van der Waals surface area contributed by atoms with Crippen LogP contribution < -0.4 is 5.32 Å². The Kier molecular flexibility index (Phi) is 9.42. The van der Waals surface area contributed by atoms with Crippen molar-refractivity contribution in [2.24, 2.45) is 0 Å². The van der Waals surface area contributed by atoms with E-state index in [-0.39, 0.29) is 0 Å². The first-order valence-electron chi connectivity index (χ1n) is 8.14. The Hall–Kier alpha value is -0.800. The van der Waals surface area contributed by atoms with Gasteiger partial charge in [0, 0.05) is 12.1 Å². The zero-order chi connectivity index (χ0) is 14.6. The van der Waals surface area contributed by atoms with E-state index in [4.69, 9.17) is 9.15 Å². The normalized spacial score (nSPS) is 12.8. The summed E-state index contributed by atoms with van der Waals surface area (Å²) < 4.78 is 11.4. The minimum absolute atomic E-state index is 0.318. The molecule has 0 aliphatic rings. The summed E-state index contributed by atoms with van der Waals surface area (Å²) in [6.45, 7) is 9.07. The minimum atomic E-state index is 0.318. The van der Waals surface area contributed by atoms with Gasteiger partial charge in [0.1, 0.15) is 12.4 Å². The van der Waals surface area contributed by atoms with Crippen molar-refractivity contribution in [2.45, 2.75) is 78.6 Å². The number of hydrogen-bond donors (Lipinski definition) is 1. The Morgan fingerprint density at radius 1 is 1.20 bits per heavy atom. The van der Waals surface area contributed by atoms with Crippen LogP contribution in [0.5, 0.6) is 0 Å². The number of rotatable bonds is 12. The molecule has 3 heteroatoms. The van der Waals surface area contributed by atoms with Crippen molar-refractivity contribution in [1.29, 1.82) is 0 Å². The molecule has 1 rings (SSSR count). The van der Waals surface area contributed by atoms with Crippen LogP contribution in [0.4, 0.5) is 0 Å². The van der Waals surface area contributed by atoms with Crippen molar-refractivity contribution < 1.29 is 9.15 Å². The summed E-state index contributed by atoms with van der Waals surface area (Å²) in [7, 11) is 0. The van der Waals surface area contributed by atoms with Gasteiger partial charge in [-0.15, -0.1) is 0 Å². The first-order chi connectivity index (χ1) is 9.76. The summed E-state index contributed by atoms with van der Waals surface area (Å²) in [4.78, 5) is 0. The molecule has 0 saturated heterocycles. The second-order valence-corrected chi connectivity index (χ2v) is 5.57. The third-order valence-corrected chi connectivity index (χ3v) is 3.44. The third kappa shape index (κ3) is 7.71. The van der Waals surface area contributed by atoms with Gasteiger partial charge in [-0.25, -0.2) is 0 Å². The van der Waals surface area contributed by atoms with Crippen LogP contribution in [0.1, 0.15) is 70.6 Å². The molecule has 20 heavy (non-hydrogen) atoms. The molecule has 1 atom stereocenters. The molecule has 116 valence electrons. The van der Waals surface area contributed by atoms with Gasteiger partial charge in [0.2, 0.25) is 0 Å². The summed E-state index contributed by atoms with van der Waals surface area (Å²) in [5, 5.41) is 3.37. The van der Waals surface area contributed by atoms with Crippen LogP contribution in [-0.2, 0) is 17.9 Å². The summed E-state index contributed by atoms with van der Waals surface area (Å²) >= 11 is 0. The standard InChI is InChI=1S/C17H31NO2/c1-4-6-7-8-9-15(3)19-14-17-11-16(13-20-17)12-18-10-5-2/h11,13,15,18H,4-10,12,14H2,1-3H3. The number of hydrogen-bond acceptors (Lipinski definition) is 3. The molecule has 1 aromatic rings. The van der Waals surface area contributed by atoms with Gasteiger partial charge in [-0.05, 0) is 32.4 Å². The highest BCUT2D eigenvalue weighted by molar-refractivity contribution is 5.12. The van der Waals surface area contributed by atoms with Crippen LogP contribution in [0, 0.1) is 0 Å². The Bertz CT molecular complexity index is 335. The molecule has 0 bridgehead atoms. The van der Waals surface area contributed by atoms with Crippen molar-refractivity contribution in [1.82, 2.24) is 5.32 Å². The molecule has 1 aromatic heterocycles. The lowest BCUT2D eigenvalue weighted by atomic mass is 10.1. The van der Waals surface area contributed by atoms with Crippen LogP contribution in [-0.4, -0.2) is 12.6 Å².